The fourth-order valence-electron chi connectivity index (χ4n) is 3.57. The first-order valence-corrected chi connectivity index (χ1v) is 11.8. The van der Waals surface area contributed by atoms with Gasteiger partial charge in [-0.1, -0.05) is 0 Å². The minimum Gasteiger partial charge on any atom is -0.322 e. The Balaban J connectivity index is 1.42. The van der Waals surface area contributed by atoms with Crippen molar-refractivity contribution in [2.45, 2.75) is 13.1 Å². The van der Waals surface area contributed by atoms with Crippen molar-refractivity contribution >= 4 is 39.7 Å². The van der Waals surface area contributed by atoms with Crippen molar-refractivity contribution in [2.75, 3.05) is 10.2 Å². The van der Waals surface area contributed by atoms with Crippen LogP contribution in [0.4, 0.5) is 35.6 Å². The van der Waals surface area contributed by atoms with Crippen LogP contribution >= 0.6 is 11.3 Å². The fourth-order valence-corrected chi connectivity index (χ4v) is 4.23. The van der Waals surface area contributed by atoms with Gasteiger partial charge in [0.2, 0.25) is 5.95 Å². The number of rotatable bonds is 6. The predicted molar refractivity (Wildman–Crippen MR) is 134 cm³/mol. The van der Waals surface area contributed by atoms with Gasteiger partial charge in [-0.25, -0.2) is 19.9 Å². The Kier molecular flexibility index (Phi) is 6.40. The molecule has 0 atom stereocenters. The minimum atomic E-state index is -4.59. The quantitative estimate of drug-likeness (QED) is 0.288. The summed E-state index contributed by atoms with van der Waals surface area (Å²) < 4.78 is 42.1. The van der Waals surface area contributed by atoms with E-state index in [1.807, 2.05) is 5.38 Å². The van der Waals surface area contributed by atoms with Crippen LogP contribution < -0.4 is 10.2 Å². The Labute approximate surface area is 213 Å². The molecule has 8 nitrogen and oxygen atoms in total. The molecular weight excluding hydrogens is 503 g/mol. The van der Waals surface area contributed by atoms with Gasteiger partial charge in [0.1, 0.15) is 0 Å². The molecule has 0 unspecified atom stereocenters. The van der Waals surface area contributed by atoms with Gasteiger partial charge < -0.3 is 9.88 Å². The van der Waals surface area contributed by atoms with E-state index in [4.69, 9.17) is 0 Å². The second-order valence-corrected chi connectivity index (χ2v) is 8.76. The van der Waals surface area contributed by atoms with Crippen molar-refractivity contribution < 1.29 is 18.0 Å². The molecule has 5 aromatic rings. The van der Waals surface area contributed by atoms with Crippen molar-refractivity contribution in [3.63, 3.8) is 0 Å². The van der Waals surface area contributed by atoms with Gasteiger partial charge >= 0.3 is 6.18 Å². The second kappa shape index (κ2) is 9.82. The number of carbonyl (C=O) groups excluding carboxylic acids is 1. The highest BCUT2D eigenvalue weighted by atomic mass is 32.1. The fraction of sp³-hybridized carbons (Fsp3) is 0.0800. The third kappa shape index (κ3) is 5.33. The smallest absolute Gasteiger partial charge is 0.322 e. The summed E-state index contributed by atoms with van der Waals surface area (Å²) in [4.78, 5) is 31.7. The summed E-state index contributed by atoms with van der Waals surface area (Å²) in [6.45, 7) is 1.73. The van der Waals surface area contributed by atoms with Crippen LogP contribution in [-0.2, 0) is 6.18 Å². The summed E-state index contributed by atoms with van der Waals surface area (Å²) in [6.07, 6.45) is 3.31. The van der Waals surface area contributed by atoms with Crippen LogP contribution in [0.2, 0.25) is 0 Å². The molecule has 37 heavy (non-hydrogen) atoms. The normalized spacial score (nSPS) is 11.4. The topological polar surface area (TPSA) is 88.8 Å². The van der Waals surface area contributed by atoms with E-state index >= 15 is 0 Å². The van der Waals surface area contributed by atoms with Gasteiger partial charge in [0.15, 0.2) is 5.13 Å². The maximum Gasteiger partial charge on any atom is 0.416 e. The molecule has 186 valence electrons. The van der Waals surface area contributed by atoms with Crippen LogP contribution in [0.5, 0.6) is 0 Å². The van der Waals surface area contributed by atoms with Gasteiger partial charge in [-0.3, -0.25) is 9.69 Å². The Bertz CT molecular complexity index is 1520. The number of hydrogen-bond donors (Lipinski definition) is 1. The van der Waals surface area contributed by atoms with E-state index in [2.05, 4.69) is 25.3 Å². The molecule has 3 heterocycles. The van der Waals surface area contributed by atoms with Gasteiger partial charge in [0.25, 0.3) is 5.91 Å². The molecular formula is C25H18F3N7OS. The number of benzene rings is 2. The number of anilines is 4. The summed E-state index contributed by atoms with van der Waals surface area (Å²) in [6, 6.07) is 11.6. The number of halogens is 3. The predicted octanol–water partition coefficient (Wildman–Crippen LogP) is 6.17. The molecule has 0 aliphatic rings. The van der Waals surface area contributed by atoms with E-state index in [0.717, 1.165) is 12.1 Å². The molecule has 0 radical (unpaired) electrons. The number of thiazole rings is 1. The average Bonchev–Trinajstić information content (AvgIpc) is 3.57. The number of nitrogens with one attached hydrogen (secondary N) is 1. The Morgan fingerprint density at radius 3 is 2.38 bits per heavy atom. The molecule has 0 saturated carbocycles. The SMILES string of the molecule is Cc1cn(-c2cc(NC(=O)c3ccc(N(c4ncccn4)c4nccs4)cc3)cc(C(F)(F)F)c2)cn1. The van der Waals surface area contributed by atoms with Crippen molar-refractivity contribution in [2.24, 2.45) is 0 Å². The van der Waals surface area contributed by atoms with Crippen molar-refractivity contribution in [3.05, 3.63) is 102 Å². The molecule has 0 bridgehead atoms. The molecule has 1 N–H and O–H groups in total. The van der Waals surface area contributed by atoms with Gasteiger partial charge in [-0.05, 0) is 55.5 Å². The van der Waals surface area contributed by atoms with E-state index in [1.54, 1.807) is 66.9 Å². The Hall–Kier alpha value is -4.58. The number of imidazole rings is 1. The first-order chi connectivity index (χ1) is 17.8. The first kappa shape index (κ1) is 24.1. The summed E-state index contributed by atoms with van der Waals surface area (Å²) in [5, 5.41) is 5.03. The Morgan fingerprint density at radius 2 is 1.76 bits per heavy atom. The van der Waals surface area contributed by atoms with Crippen LogP contribution in [0, 0.1) is 6.92 Å². The zero-order chi connectivity index (χ0) is 26.0. The third-order valence-corrected chi connectivity index (χ3v) is 6.02. The molecule has 12 heteroatoms. The number of hydrogen-bond acceptors (Lipinski definition) is 7. The lowest BCUT2D eigenvalue weighted by Crippen LogP contribution is -2.15. The van der Waals surface area contributed by atoms with E-state index < -0.39 is 17.6 Å². The molecule has 0 spiro atoms. The van der Waals surface area contributed by atoms with E-state index in [9.17, 15) is 18.0 Å². The van der Waals surface area contributed by atoms with Crippen molar-refractivity contribution in [3.8, 4) is 5.69 Å². The summed E-state index contributed by atoms with van der Waals surface area (Å²) >= 11 is 1.39. The minimum absolute atomic E-state index is 0.00681. The number of aromatic nitrogens is 5. The molecule has 0 fully saturated rings. The maximum absolute atomic E-state index is 13.5. The molecule has 5 rings (SSSR count). The van der Waals surface area contributed by atoms with E-state index in [1.165, 1.54) is 28.3 Å². The number of nitrogens with zero attached hydrogens (tertiary/aromatic N) is 6. The monoisotopic (exact) mass is 521 g/mol. The highest BCUT2D eigenvalue weighted by molar-refractivity contribution is 7.13. The van der Waals surface area contributed by atoms with Crippen LogP contribution in [-0.4, -0.2) is 30.4 Å². The summed E-state index contributed by atoms with van der Waals surface area (Å²) in [7, 11) is 0. The van der Waals surface area contributed by atoms with Gasteiger partial charge in [0.05, 0.1) is 23.3 Å². The number of carbonyl (C=O) groups is 1. The lowest BCUT2D eigenvalue weighted by Gasteiger charge is -2.19. The first-order valence-electron chi connectivity index (χ1n) is 10.9. The summed E-state index contributed by atoms with van der Waals surface area (Å²) in [5.41, 5.74) is 0.916. The van der Waals surface area contributed by atoms with Gasteiger partial charge in [0, 0.05) is 47.1 Å². The summed E-state index contributed by atoms with van der Waals surface area (Å²) in [5.74, 6) is -0.156. The largest absolute Gasteiger partial charge is 0.416 e. The highest BCUT2D eigenvalue weighted by Gasteiger charge is 2.31. The molecule has 0 aliphatic heterocycles. The molecule has 2 aromatic carbocycles. The lowest BCUT2D eigenvalue weighted by molar-refractivity contribution is -0.137. The zero-order valence-electron chi connectivity index (χ0n) is 19.2. The standard InChI is InChI=1S/C25H18F3N7OS/c1-16-14-34(15-32-16)21-12-18(25(26,27)28)11-19(13-21)33-22(36)17-3-5-20(6-4-17)35(24-31-9-10-37-24)23-29-7-2-8-30-23/h2-15H,1H3,(H,33,36). The number of aryl methyl sites for hydroxylation is 1. The second-order valence-electron chi connectivity index (χ2n) is 7.89. The van der Waals surface area contributed by atoms with E-state index in [0.29, 0.717) is 22.5 Å². The third-order valence-electron chi connectivity index (χ3n) is 5.26. The number of amides is 1. The van der Waals surface area contributed by atoms with E-state index in [-0.39, 0.29) is 16.9 Å². The van der Waals surface area contributed by atoms with Gasteiger partial charge in [-0.2, -0.15) is 13.2 Å². The highest BCUT2D eigenvalue weighted by Crippen LogP contribution is 2.34. The van der Waals surface area contributed by atoms with Crippen molar-refractivity contribution in [1.29, 1.82) is 0 Å². The van der Waals surface area contributed by atoms with Crippen LogP contribution in [0.1, 0.15) is 21.6 Å². The molecule has 0 aliphatic carbocycles. The lowest BCUT2D eigenvalue weighted by atomic mass is 10.1. The van der Waals surface area contributed by atoms with Crippen LogP contribution in [0.3, 0.4) is 0 Å². The number of alkyl halides is 3. The average molecular weight is 522 g/mol. The molecule has 1 amide bonds. The molecule has 3 aromatic heterocycles. The zero-order valence-corrected chi connectivity index (χ0v) is 20.0. The van der Waals surface area contributed by atoms with Gasteiger partial charge in [-0.15, -0.1) is 11.3 Å². The van der Waals surface area contributed by atoms with Crippen LogP contribution in [0.25, 0.3) is 5.69 Å². The van der Waals surface area contributed by atoms with Crippen LogP contribution in [0.15, 0.2) is 85.0 Å². The van der Waals surface area contributed by atoms with Crippen molar-refractivity contribution in [1.82, 2.24) is 24.5 Å². The molecule has 0 saturated heterocycles. The Morgan fingerprint density at radius 1 is 1.00 bits per heavy atom. The maximum atomic E-state index is 13.5.